The van der Waals surface area contributed by atoms with Crippen LogP contribution in [0.4, 0.5) is 0 Å². The van der Waals surface area contributed by atoms with Crippen molar-refractivity contribution in [2.75, 3.05) is 0 Å². The summed E-state index contributed by atoms with van der Waals surface area (Å²) in [6, 6.07) is 13.9. The van der Waals surface area contributed by atoms with Crippen molar-refractivity contribution in [1.29, 1.82) is 0 Å². The smallest absolute Gasteiger partial charge is 0.0328 e. The van der Waals surface area contributed by atoms with Gasteiger partial charge in [0.25, 0.3) is 0 Å². The van der Waals surface area contributed by atoms with E-state index >= 15 is 0 Å². The van der Waals surface area contributed by atoms with Gasteiger partial charge in [-0.15, -0.1) is 0 Å². The standard InChI is InChI=1S/C18H22N2/c1-13-7-8-18(17-6-4-3-5-16(13)17)20-14(2)15-9-11-19-12-10-15/h3-6,9-14,18,20H,7-8H2,1-2H3/t13?,14-,18?/m0/s1. The number of fused-ring (bicyclic) bond motifs is 1. The predicted molar refractivity (Wildman–Crippen MR) is 82.6 cm³/mol. The molecule has 2 aromatic rings. The highest BCUT2D eigenvalue weighted by Crippen LogP contribution is 2.38. The van der Waals surface area contributed by atoms with Gasteiger partial charge in [-0.1, -0.05) is 31.2 Å². The van der Waals surface area contributed by atoms with E-state index in [2.05, 4.69) is 60.5 Å². The predicted octanol–water partition coefficient (Wildman–Crippen LogP) is 4.37. The lowest BCUT2D eigenvalue weighted by Crippen LogP contribution is -2.28. The van der Waals surface area contributed by atoms with Gasteiger partial charge >= 0.3 is 0 Å². The molecule has 1 aliphatic carbocycles. The second-order valence-electron chi connectivity index (χ2n) is 5.83. The average Bonchev–Trinajstić information content (AvgIpc) is 2.51. The van der Waals surface area contributed by atoms with Crippen LogP contribution in [0, 0.1) is 0 Å². The fourth-order valence-corrected chi connectivity index (χ4v) is 3.23. The summed E-state index contributed by atoms with van der Waals surface area (Å²) in [5.41, 5.74) is 4.29. The van der Waals surface area contributed by atoms with E-state index in [0.29, 0.717) is 18.0 Å². The lowest BCUT2D eigenvalue weighted by molar-refractivity contribution is 0.396. The van der Waals surface area contributed by atoms with Crippen molar-refractivity contribution < 1.29 is 0 Å². The molecule has 3 rings (SSSR count). The quantitative estimate of drug-likeness (QED) is 0.892. The maximum atomic E-state index is 4.09. The first-order valence-electron chi connectivity index (χ1n) is 7.50. The Hall–Kier alpha value is -1.67. The average molecular weight is 266 g/mol. The number of nitrogens with zero attached hydrogens (tertiary/aromatic N) is 1. The summed E-state index contributed by atoms with van der Waals surface area (Å²) in [6.45, 7) is 4.57. The zero-order valence-electron chi connectivity index (χ0n) is 12.2. The molecule has 20 heavy (non-hydrogen) atoms. The number of pyridine rings is 1. The summed E-state index contributed by atoms with van der Waals surface area (Å²) in [6.07, 6.45) is 6.21. The maximum Gasteiger partial charge on any atom is 0.0328 e. The molecule has 0 saturated heterocycles. The topological polar surface area (TPSA) is 24.9 Å². The van der Waals surface area contributed by atoms with Crippen LogP contribution in [0.25, 0.3) is 0 Å². The Morgan fingerprint density at radius 1 is 1.05 bits per heavy atom. The molecule has 2 unspecified atom stereocenters. The van der Waals surface area contributed by atoms with E-state index in [1.165, 1.54) is 29.5 Å². The third kappa shape index (κ3) is 2.61. The molecular formula is C18H22N2. The minimum Gasteiger partial charge on any atom is -0.303 e. The molecule has 1 aliphatic rings. The summed E-state index contributed by atoms with van der Waals surface area (Å²) >= 11 is 0. The molecule has 2 heteroatoms. The molecule has 0 fully saturated rings. The molecule has 104 valence electrons. The van der Waals surface area contributed by atoms with E-state index in [-0.39, 0.29) is 0 Å². The Morgan fingerprint density at radius 2 is 1.75 bits per heavy atom. The minimum absolute atomic E-state index is 0.351. The fourth-order valence-electron chi connectivity index (χ4n) is 3.23. The van der Waals surface area contributed by atoms with Crippen LogP contribution in [0.3, 0.4) is 0 Å². The van der Waals surface area contributed by atoms with E-state index in [1.807, 2.05) is 12.4 Å². The van der Waals surface area contributed by atoms with Crippen LogP contribution < -0.4 is 5.32 Å². The Bertz CT molecular complexity index is 565. The van der Waals surface area contributed by atoms with Gasteiger partial charge in [-0.05, 0) is 54.5 Å². The van der Waals surface area contributed by atoms with Crippen LogP contribution in [-0.4, -0.2) is 4.98 Å². The van der Waals surface area contributed by atoms with Crippen molar-refractivity contribution in [3.05, 3.63) is 65.5 Å². The van der Waals surface area contributed by atoms with Crippen molar-refractivity contribution in [2.24, 2.45) is 0 Å². The Kier molecular flexibility index (Phi) is 3.83. The monoisotopic (exact) mass is 266 g/mol. The molecule has 0 radical (unpaired) electrons. The number of benzene rings is 1. The molecule has 0 amide bonds. The van der Waals surface area contributed by atoms with Crippen LogP contribution >= 0.6 is 0 Å². The number of rotatable bonds is 3. The van der Waals surface area contributed by atoms with Gasteiger partial charge in [-0.3, -0.25) is 4.98 Å². The summed E-state index contributed by atoms with van der Waals surface area (Å²) in [5, 5.41) is 3.78. The molecule has 0 saturated carbocycles. The lowest BCUT2D eigenvalue weighted by Gasteiger charge is -2.32. The maximum absolute atomic E-state index is 4.09. The van der Waals surface area contributed by atoms with Crippen LogP contribution in [0.5, 0.6) is 0 Å². The fraction of sp³-hybridized carbons (Fsp3) is 0.389. The van der Waals surface area contributed by atoms with Gasteiger partial charge in [-0.25, -0.2) is 0 Å². The van der Waals surface area contributed by atoms with E-state index < -0.39 is 0 Å². The third-order valence-electron chi connectivity index (χ3n) is 4.45. The van der Waals surface area contributed by atoms with E-state index in [0.717, 1.165) is 0 Å². The second kappa shape index (κ2) is 5.76. The molecule has 1 heterocycles. The van der Waals surface area contributed by atoms with E-state index in [1.54, 1.807) is 0 Å². The van der Waals surface area contributed by atoms with Crippen molar-refractivity contribution in [1.82, 2.24) is 10.3 Å². The van der Waals surface area contributed by atoms with Gasteiger partial charge in [0.15, 0.2) is 0 Å². The van der Waals surface area contributed by atoms with Crippen molar-refractivity contribution >= 4 is 0 Å². The number of hydrogen-bond acceptors (Lipinski definition) is 2. The van der Waals surface area contributed by atoms with Crippen molar-refractivity contribution in [3.63, 3.8) is 0 Å². The van der Waals surface area contributed by atoms with Crippen LogP contribution in [-0.2, 0) is 0 Å². The van der Waals surface area contributed by atoms with Gasteiger partial charge in [0.2, 0.25) is 0 Å². The highest BCUT2D eigenvalue weighted by atomic mass is 14.9. The first kappa shape index (κ1) is 13.3. The molecule has 3 atom stereocenters. The molecule has 0 bridgehead atoms. The highest BCUT2D eigenvalue weighted by Gasteiger charge is 2.25. The van der Waals surface area contributed by atoms with Crippen LogP contribution in [0.1, 0.15) is 61.4 Å². The van der Waals surface area contributed by atoms with Gasteiger partial charge in [-0.2, -0.15) is 0 Å². The number of nitrogens with one attached hydrogen (secondary N) is 1. The molecule has 2 nitrogen and oxygen atoms in total. The molecule has 1 N–H and O–H groups in total. The zero-order chi connectivity index (χ0) is 13.9. The molecule has 1 aromatic carbocycles. The van der Waals surface area contributed by atoms with Crippen LogP contribution in [0.15, 0.2) is 48.8 Å². The van der Waals surface area contributed by atoms with Gasteiger partial charge in [0.05, 0.1) is 0 Å². The summed E-state index contributed by atoms with van der Waals surface area (Å²) in [5.74, 6) is 0.681. The number of hydrogen-bond donors (Lipinski definition) is 1. The lowest BCUT2D eigenvalue weighted by atomic mass is 9.81. The Labute approximate surface area is 121 Å². The van der Waals surface area contributed by atoms with Crippen molar-refractivity contribution in [2.45, 2.75) is 44.7 Å². The SMILES string of the molecule is CC1CCC(N[C@@H](C)c2ccncc2)c2ccccc21. The van der Waals surface area contributed by atoms with Crippen LogP contribution in [0.2, 0.25) is 0 Å². The summed E-state index contributed by atoms with van der Waals surface area (Å²) in [4.78, 5) is 4.09. The first-order valence-corrected chi connectivity index (χ1v) is 7.50. The van der Waals surface area contributed by atoms with Gasteiger partial charge in [0.1, 0.15) is 0 Å². The van der Waals surface area contributed by atoms with Gasteiger partial charge in [0, 0.05) is 24.5 Å². The van der Waals surface area contributed by atoms with Gasteiger partial charge < -0.3 is 5.32 Å². The normalized spacial score (nSPS) is 23.1. The first-order chi connectivity index (χ1) is 9.75. The summed E-state index contributed by atoms with van der Waals surface area (Å²) in [7, 11) is 0. The highest BCUT2D eigenvalue weighted by molar-refractivity contribution is 5.35. The Balaban J connectivity index is 1.81. The Morgan fingerprint density at radius 3 is 2.50 bits per heavy atom. The minimum atomic E-state index is 0.351. The van der Waals surface area contributed by atoms with Crippen molar-refractivity contribution in [3.8, 4) is 0 Å². The number of aromatic nitrogens is 1. The third-order valence-corrected chi connectivity index (χ3v) is 4.45. The molecular weight excluding hydrogens is 244 g/mol. The largest absolute Gasteiger partial charge is 0.303 e. The molecule has 0 aliphatic heterocycles. The molecule has 0 spiro atoms. The van der Waals surface area contributed by atoms with E-state index in [4.69, 9.17) is 0 Å². The van der Waals surface area contributed by atoms with E-state index in [9.17, 15) is 0 Å². The second-order valence-corrected chi connectivity index (χ2v) is 5.83. The zero-order valence-corrected chi connectivity index (χ0v) is 12.2. The molecule has 1 aromatic heterocycles. The summed E-state index contributed by atoms with van der Waals surface area (Å²) < 4.78 is 0.